The monoisotopic (exact) mass is 439 g/mol. The number of thiazole rings is 2. The van der Waals surface area contributed by atoms with Crippen molar-refractivity contribution in [2.45, 2.75) is 20.3 Å². The molecule has 0 unspecified atom stereocenters. The summed E-state index contributed by atoms with van der Waals surface area (Å²) in [4.78, 5) is 21.4. The topological polar surface area (TPSA) is 87.1 Å². The van der Waals surface area contributed by atoms with Gasteiger partial charge in [0.1, 0.15) is 5.75 Å². The first-order valence-electron chi connectivity index (χ1n) is 7.34. The Bertz CT molecular complexity index is 879. The predicted octanol–water partition coefficient (Wildman–Crippen LogP) is 1.38. The van der Waals surface area contributed by atoms with E-state index in [1.165, 1.54) is 22.7 Å². The smallest absolute Gasteiger partial charge is 0.225 e. The number of carbonyl (C=O) groups excluding carboxylic acids is 1. The number of carbonyl (C=O) groups is 1. The molecule has 0 aliphatic heterocycles. The fourth-order valence-corrected chi connectivity index (χ4v) is 3.78. The lowest BCUT2D eigenvalue weighted by atomic mass is 10.3. The van der Waals surface area contributed by atoms with E-state index in [-0.39, 0.29) is 28.6 Å². The Hall–Kier alpha value is -1.97. The summed E-state index contributed by atoms with van der Waals surface area (Å²) in [6.07, 6.45) is 0.419. The second-order valence-corrected chi connectivity index (χ2v) is 6.91. The summed E-state index contributed by atoms with van der Waals surface area (Å²) in [6.45, 7) is 3.70. The van der Waals surface area contributed by atoms with Crippen molar-refractivity contribution in [2.75, 3.05) is 10.6 Å². The lowest BCUT2D eigenvalue weighted by Gasteiger charge is -2.02. The van der Waals surface area contributed by atoms with E-state index in [1.54, 1.807) is 25.1 Å². The first-order chi connectivity index (χ1) is 11.5. The normalized spacial score (nSPS) is 10.2. The largest absolute Gasteiger partial charge is 1.00 e. The van der Waals surface area contributed by atoms with Crippen molar-refractivity contribution in [3.63, 3.8) is 0 Å². The minimum absolute atomic E-state index is 0. The molecule has 0 aliphatic rings. The van der Waals surface area contributed by atoms with Gasteiger partial charge in [-0.25, -0.2) is 9.97 Å². The SMILES string of the molecule is CCC(=O)Nc1nc(C)c(-c2csc(Nc3cccc(O)c3)n2)s1.[Br-]. The Morgan fingerprint density at radius 3 is 2.80 bits per heavy atom. The van der Waals surface area contributed by atoms with Crippen molar-refractivity contribution in [1.29, 1.82) is 0 Å². The number of rotatable bonds is 5. The molecule has 3 aromatic rings. The number of anilines is 3. The fourth-order valence-electron chi connectivity index (χ4n) is 2.04. The second kappa shape index (κ2) is 8.41. The van der Waals surface area contributed by atoms with Crippen molar-refractivity contribution in [3.8, 4) is 16.3 Å². The van der Waals surface area contributed by atoms with Gasteiger partial charge in [-0.3, -0.25) is 4.79 Å². The third-order valence-electron chi connectivity index (χ3n) is 3.20. The Kier molecular flexibility index (Phi) is 6.51. The van der Waals surface area contributed by atoms with Crippen LogP contribution in [-0.4, -0.2) is 21.0 Å². The number of phenols is 1. The van der Waals surface area contributed by atoms with Crippen LogP contribution in [0.2, 0.25) is 0 Å². The molecule has 0 fully saturated rings. The Balaban J connectivity index is 0.00000225. The number of aromatic nitrogens is 2. The quantitative estimate of drug-likeness (QED) is 0.558. The van der Waals surface area contributed by atoms with Crippen molar-refractivity contribution >= 4 is 44.5 Å². The zero-order valence-corrected chi connectivity index (χ0v) is 16.8. The van der Waals surface area contributed by atoms with Crippen LogP contribution < -0.4 is 27.6 Å². The number of benzene rings is 1. The van der Waals surface area contributed by atoms with E-state index in [4.69, 9.17) is 0 Å². The first kappa shape index (κ1) is 19.4. The van der Waals surface area contributed by atoms with E-state index in [0.717, 1.165) is 27.1 Å². The van der Waals surface area contributed by atoms with Gasteiger partial charge in [0.25, 0.3) is 0 Å². The van der Waals surface area contributed by atoms with Gasteiger partial charge >= 0.3 is 0 Å². The summed E-state index contributed by atoms with van der Waals surface area (Å²) in [5, 5.41) is 18.7. The second-order valence-electron chi connectivity index (χ2n) is 5.05. The highest BCUT2D eigenvalue weighted by Crippen LogP contribution is 2.35. The average Bonchev–Trinajstić information content (AvgIpc) is 3.13. The zero-order valence-electron chi connectivity index (χ0n) is 13.5. The van der Waals surface area contributed by atoms with Crippen LogP contribution in [0.3, 0.4) is 0 Å². The molecule has 0 atom stereocenters. The minimum Gasteiger partial charge on any atom is -1.00 e. The highest BCUT2D eigenvalue weighted by molar-refractivity contribution is 7.20. The molecule has 0 aliphatic carbocycles. The van der Waals surface area contributed by atoms with E-state index in [9.17, 15) is 9.90 Å². The molecule has 1 amide bonds. The fraction of sp³-hybridized carbons (Fsp3) is 0.188. The van der Waals surface area contributed by atoms with Crippen LogP contribution in [0.1, 0.15) is 19.0 Å². The molecule has 0 spiro atoms. The molecule has 0 bridgehead atoms. The van der Waals surface area contributed by atoms with Gasteiger partial charge in [0.15, 0.2) is 10.3 Å². The van der Waals surface area contributed by atoms with E-state index in [2.05, 4.69) is 20.6 Å². The molecule has 3 N–H and O–H groups in total. The van der Waals surface area contributed by atoms with Gasteiger partial charge in [-0.15, -0.1) is 11.3 Å². The summed E-state index contributed by atoms with van der Waals surface area (Å²) in [5.74, 6) is 0.145. The molecule has 2 aromatic heterocycles. The number of amides is 1. The Morgan fingerprint density at radius 1 is 1.28 bits per heavy atom. The molecule has 9 heteroatoms. The molecule has 25 heavy (non-hydrogen) atoms. The molecule has 2 heterocycles. The highest BCUT2D eigenvalue weighted by atomic mass is 79.9. The molecule has 0 radical (unpaired) electrons. The molecule has 1 aromatic carbocycles. The average molecular weight is 440 g/mol. The number of aryl methyl sites for hydroxylation is 1. The molecule has 3 rings (SSSR count). The summed E-state index contributed by atoms with van der Waals surface area (Å²) in [6, 6.07) is 6.88. The zero-order chi connectivity index (χ0) is 17.1. The third-order valence-corrected chi connectivity index (χ3v) is 5.05. The van der Waals surface area contributed by atoms with Crippen LogP contribution in [0.4, 0.5) is 16.0 Å². The van der Waals surface area contributed by atoms with Crippen molar-refractivity contribution in [3.05, 3.63) is 35.3 Å². The van der Waals surface area contributed by atoms with Crippen LogP contribution in [0.25, 0.3) is 10.6 Å². The Morgan fingerprint density at radius 2 is 2.08 bits per heavy atom. The number of hydrogen-bond donors (Lipinski definition) is 3. The number of halogens is 1. The number of phenolic OH excluding ortho intramolecular Hbond substituents is 1. The van der Waals surface area contributed by atoms with Crippen LogP contribution in [0, 0.1) is 6.92 Å². The third kappa shape index (κ3) is 4.77. The minimum atomic E-state index is -0.0557. The summed E-state index contributed by atoms with van der Waals surface area (Å²) in [7, 11) is 0. The maximum atomic E-state index is 11.5. The molecular formula is C16H16BrN4O2S2-. The van der Waals surface area contributed by atoms with Crippen LogP contribution in [0.15, 0.2) is 29.6 Å². The number of nitrogens with one attached hydrogen (secondary N) is 2. The Labute approximate surface area is 163 Å². The number of nitrogens with zero attached hydrogens (tertiary/aromatic N) is 2. The van der Waals surface area contributed by atoms with Gasteiger partial charge in [0, 0.05) is 23.6 Å². The summed E-state index contributed by atoms with van der Waals surface area (Å²) >= 11 is 2.88. The molecule has 132 valence electrons. The van der Waals surface area contributed by atoms with Gasteiger partial charge in [-0.05, 0) is 19.1 Å². The maximum absolute atomic E-state index is 11.5. The molecule has 0 saturated carbocycles. The van der Waals surface area contributed by atoms with Gasteiger partial charge in [-0.2, -0.15) is 0 Å². The summed E-state index contributed by atoms with van der Waals surface area (Å²) in [5.41, 5.74) is 2.42. The van der Waals surface area contributed by atoms with E-state index in [0.29, 0.717) is 11.6 Å². The molecular weight excluding hydrogens is 424 g/mol. The van der Waals surface area contributed by atoms with Crippen molar-refractivity contribution in [2.24, 2.45) is 0 Å². The van der Waals surface area contributed by atoms with Crippen molar-refractivity contribution < 1.29 is 26.9 Å². The lowest BCUT2D eigenvalue weighted by molar-refractivity contribution is -0.115. The standard InChI is InChI=1S/C16H16N4O2S2.BrH/c1-3-13(22)20-16-17-9(2)14(24-16)12-8-23-15(19-12)18-10-5-4-6-11(21)7-10;/h4-8,21H,3H2,1-2H3,(H,18,19)(H,17,20,22);1H/p-1. The lowest BCUT2D eigenvalue weighted by Crippen LogP contribution is -3.00. The van der Waals surface area contributed by atoms with Gasteiger partial charge < -0.3 is 32.7 Å². The van der Waals surface area contributed by atoms with Crippen molar-refractivity contribution in [1.82, 2.24) is 9.97 Å². The van der Waals surface area contributed by atoms with Gasteiger partial charge in [-0.1, -0.05) is 24.3 Å². The first-order valence-corrected chi connectivity index (χ1v) is 9.04. The van der Waals surface area contributed by atoms with Crippen LogP contribution in [0.5, 0.6) is 5.75 Å². The van der Waals surface area contributed by atoms with Crippen LogP contribution in [-0.2, 0) is 4.79 Å². The summed E-state index contributed by atoms with van der Waals surface area (Å²) < 4.78 is 0. The van der Waals surface area contributed by atoms with E-state index >= 15 is 0 Å². The molecule has 6 nitrogen and oxygen atoms in total. The van der Waals surface area contributed by atoms with Crippen LogP contribution >= 0.6 is 22.7 Å². The van der Waals surface area contributed by atoms with E-state index in [1.807, 2.05) is 18.4 Å². The number of aromatic hydroxyl groups is 1. The molecule has 0 saturated heterocycles. The van der Waals surface area contributed by atoms with Gasteiger partial charge in [0.05, 0.1) is 16.3 Å². The van der Waals surface area contributed by atoms with E-state index < -0.39 is 0 Å². The van der Waals surface area contributed by atoms with Gasteiger partial charge in [0.2, 0.25) is 5.91 Å². The highest BCUT2D eigenvalue weighted by Gasteiger charge is 2.14. The predicted molar refractivity (Wildman–Crippen MR) is 98.3 cm³/mol. The number of hydrogen-bond acceptors (Lipinski definition) is 7. The maximum Gasteiger partial charge on any atom is 0.225 e.